The zero-order valence-corrected chi connectivity index (χ0v) is 8.25. The normalized spacial score (nSPS) is 15.8. The van der Waals surface area contributed by atoms with Crippen LogP contribution in [0.15, 0.2) is 28.0 Å². The number of benzene rings is 1. The molecular weight excluding hydrogens is 188 g/mol. The average molecular weight is 198 g/mol. The number of aliphatic hydroxyl groups excluding tert-OH is 1. The number of hydrogen-bond acceptors (Lipinski definition) is 3. The summed E-state index contributed by atoms with van der Waals surface area (Å²) >= 11 is 3.79. The molecule has 0 spiro atoms. The molecule has 12 heavy (non-hydrogen) atoms. The lowest BCUT2D eigenvalue weighted by Gasteiger charge is -2.14. The smallest absolute Gasteiger partial charge is 0.0682 e. The molecule has 0 saturated carbocycles. The van der Waals surface area contributed by atoms with Crippen molar-refractivity contribution >= 4 is 23.5 Å². The number of fused-ring (bicyclic) bond motifs is 1. The average Bonchev–Trinajstić information content (AvgIpc) is 2.17. The minimum atomic E-state index is 0.151. The van der Waals surface area contributed by atoms with Gasteiger partial charge in [-0.3, -0.25) is 0 Å². The van der Waals surface area contributed by atoms with Crippen LogP contribution in [0.2, 0.25) is 0 Å². The van der Waals surface area contributed by atoms with Crippen LogP contribution >= 0.6 is 23.5 Å². The Balaban J connectivity index is 2.36. The Morgan fingerprint density at radius 1 is 1.17 bits per heavy atom. The second-order valence-corrected chi connectivity index (χ2v) is 4.91. The van der Waals surface area contributed by atoms with Gasteiger partial charge in [0.15, 0.2) is 0 Å². The van der Waals surface area contributed by atoms with E-state index in [2.05, 4.69) is 12.1 Å². The van der Waals surface area contributed by atoms with Crippen LogP contribution < -0.4 is 0 Å². The van der Waals surface area contributed by atoms with Gasteiger partial charge in [-0.2, -0.15) is 0 Å². The summed E-state index contributed by atoms with van der Waals surface area (Å²) in [5.41, 5.74) is 1.02. The number of hydrogen-bond donors (Lipinski definition) is 1. The van der Waals surface area contributed by atoms with E-state index in [1.165, 1.54) is 21.3 Å². The van der Waals surface area contributed by atoms with Crippen molar-refractivity contribution in [1.82, 2.24) is 0 Å². The minimum Gasteiger partial charge on any atom is -0.392 e. The molecule has 0 saturated heterocycles. The van der Waals surface area contributed by atoms with Gasteiger partial charge in [-0.15, -0.1) is 23.5 Å². The van der Waals surface area contributed by atoms with Crippen LogP contribution in [0.5, 0.6) is 0 Å². The van der Waals surface area contributed by atoms with Gasteiger partial charge in [0.1, 0.15) is 0 Å². The molecule has 1 aliphatic rings. The van der Waals surface area contributed by atoms with E-state index in [1.54, 1.807) is 0 Å². The van der Waals surface area contributed by atoms with Gasteiger partial charge in [0.05, 0.1) is 6.61 Å². The Bertz CT molecular complexity index is 286. The lowest BCUT2D eigenvalue weighted by Crippen LogP contribution is -1.95. The summed E-state index contributed by atoms with van der Waals surface area (Å²) < 4.78 is 0. The summed E-state index contributed by atoms with van der Waals surface area (Å²) in [5, 5.41) is 8.92. The Hall–Kier alpha value is -0.120. The van der Waals surface area contributed by atoms with Crippen LogP contribution in [0.4, 0.5) is 0 Å². The Kier molecular flexibility index (Phi) is 2.63. The van der Waals surface area contributed by atoms with Crippen LogP contribution in [0.1, 0.15) is 5.56 Å². The fourth-order valence-electron chi connectivity index (χ4n) is 1.19. The van der Waals surface area contributed by atoms with Crippen molar-refractivity contribution in [3.63, 3.8) is 0 Å². The molecule has 0 atom stereocenters. The van der Waals surface area contributed by atoms with Crippen molar-refractivity contribution in [3.05, 3.63) is 23.8 Å². The Morgan fingerprint density at radius 2 is 1.92 bits per heavy atom. The molecule has 64 valence electrons. The molecule has 1 heterocycles. The molecule has 0 radical (unpaired) electrons. The Morgan fingerprint density at radius 3 is 2.67 bits per heavy atom. The maximum atomic E-state index is 8.92. The largest absolute Gasteiger partial charge is 0.392 e. The maximum Gasteiger partial charge on any atom is 0.0682 e. The van der Waals surface area contributed by atoms with Gasteiger partial charge < -0.3 is 5.11 Å². The first-order valence-electron chi connectivity index (χ1n) is 3.89. The van der Waals surface area contributed by atoms with Crippen LogP contribution in [0, 0.1) is 0 Å². The summed E-state index contributed by atoms with van der Waals surface area (Å²) in [6, 6.07) is 6.20. The summed E-state index contributed by atoms with van der Waals surface area (Å²) in [6.45, 7) is 0.151. The third kappa shape index (κ3) is 1.63. The summed E-state index contributed by atoms with van der Waals surface area (Å²) in [4.78, 5) is 2.70. The number of rotatable bonds is 1. The number of aliphatic hydroxyl groups is 1. The summed E-state index contributed by atoms with van der Waals surface area (Å²) in [6.07, 6.45) is 0. The first-order chi connectivity index (χ1) is 5.90. The molecule has 0 aromatic heterocycles. The molecule has 1 nitrogen and oxygen atoms in total. The van der Waals surface area contributed by atoms with E-state index < -0.39 is 0 Å². The Labute approximate surface area is 80.6 Å². The van der Waals surface area contributed by atoms with Crippen molar-refractivity contribution < 1.29 is 5.11 Å². The van der Waals surface area contributed by atoms with Crippen molar-refractivity contribution in [2.24, 2.45) is 0 Å². The highest BCUT2D eigenvalue weighted by atomic mass is 32.2. The molecule has 1 aromatic rings. The lowest BCUT2D eigenvalue weighted by atomic mass is 10.2. The van der Waals surface area contributed by atoms with Crippen LogP contribution in [-0.2, 0) is 6.61 Å². The predicted octanol–water partition coefficient (Wildman–Crippen LogP) is 2.38. The maximum absolute atomic E-state index is 8.92. The summed E-state index contributed by atoms with van der Waals surface area (Å²) in [7, 11) is 0. The molecule has 1 aromatic carbocycles. The molecule has 2 rings (SSSR count). The monoisotopic (exact) mass is 198 g/mol. The van der Waals surface area contributed by atoms with Crippen LogP contribution in [-0.4, -0.2) is 16.6 Å². The van der Waals surface area contributed by atoms with Crippen molar-refractivity contribution in [2.75, 3.05) is 11.5 Å². The highest BCUT2D eigenvalue weighted by Crippen LogP contribution is 2.36. The standard InChI is InChI=1S/C9H10OS2/c10-6-7-1-2-8-9(5-7)12-4-3-11-8/h1-2,5,10H,3-4,6H2. The third-order valence-electron chi connectivity index (χ3n) is 1.79. The van der Waals surface area contributed by atoms with Crippen LogP contribution in [0.25, 0.3) is 0 Å². The first-order valence-corrected chi connectivity index (χ1v) is 5.86. The summed E-state index contributed by atoms with van der Waals surface area (Å²) in [5.74, 6) is 2.39. The fraction of sp³-hybridized carbons (Fsp3) is 0.333. The molecule has 0 fully saturated rings. The van der Waals surface area contributed by atoms with Crippen molar-refractivity contribution in [1.29, 1.82) is 0 Å². The molecule has 1 N–H and O–H groups in total. The number of thioether (sulfide) groups is 2. The lowest BCUT2D eigenvalue weighted by molar-refractivity contribution is 0.281. The molecule has 0 unspecified atom stereocenters. The molecule has 0 bridgehead atoms. The quantitative estimate of drug-likeness (QED) is 0.748. The van der Waals surface area contributed by atoms with Gasteiger partial charge in [-0.05, 0) is 17.7 Å². The zero-order chi connectivity index (χ0) is 8.39. The molecule has 3 heteroatoms. The second-order valence-electron chi connectivity index (χ2n) is 2.64. The van der Waals surface area contributed by atoms with Gasteiger partial charge in [-0.1, -0.05) is 6.07 Å². The zero-order valence-electron chi connectivity index (χ0n) is 6.62. The highest BCUT2D eigenvalue weighted by molar-refractivity contribution is 8.05. The third-order valence-corrected chi connectivity index (χ3v) is 4.31. The van der Waals surface area contributed by atoms with Gasteiger partial charge in [0.25, 0.3) is 0 Å². The SMILES string of the molecule is OCc1ccc2c(c1)SCCS2. The van der Waals surface area contributed by atoms with Crippen LogP contribution in [0.3, 0.4) is 0 Å². The van der Waals surface area contributed by atoms with Crippen molar-refractivity contribution in [2.45, 2.75) is 16.4 Å². The van der Waals surface area contributed by atoms with Gasteiger partial charge in [0.2, 0.25) is 0 Å². The predicted molar refractivity (Wildman–Crippen MR) is 53.8 cm³/mol. The highest BCUT2D eigenvalue weighted by Gasteiger charge is 2.09. The van der Waals surface area contributed by atoms with E-state index in [1.807, 2.05) is 29.6 Å². The molecule has 0 aliphatic carbocycles. The first kappa shape index (κ1) is 8.48. The van der Waals surface area contributed by atoms with E-state index in [0.29, 0.717) is 0 Å². The van der Waals surface area contributed by atoms with E-state index >= 15 is 0 Å². The topological polar surface area (TPSA) is 20.2 Å². The molecule has 1 aliphatic heterocycles. The fourth-order valence-corrected chi connectivity index (χ4v) is 3.46. The molecular formula is C9H10OS2. The molecule has 0 amide bonds. The minimum absolute atomic E-state index is 0.151. The van der Waals surface area contributed by atoms with Gasteiger partial charge >= 0.3 is 0 Å². The van der Waals surface area contributed by atoms with Gasteiger partial charge in [0, 0.05) is 21.3 Å². The van der Waals surface area contributed by atoms with E-state index in [4.69, 9.17) is 5.11 Å². The van der Waals surface area contributed by atoms with E-state index in [0.717, 1.165) is 5.56 Å². The van der Waals surface area contributed by atoms with Crippen molar-refractivity contribution in [3.8, 4) is 0 Å². The second kappa shape index (κ2) is 3.73. The van der Waals surface area contributed by atoms with Gasteiger partial charge in [-0.25, -0.2) is 0 Å². The van der Waals surface area contributed by atoms with E-state index in [-0.39, 0.29) is 6.61 Å². The van der Waals surface area contributed by atoms with E-state index in [9.17, 15) is 0 Å².